The number of nitrogens with one attached hydrogen (secondary N) is 1. The zero-order valence-corrected chi connectivity index (χ0v) is 13.2. The fourth-order valence-electron chi connectivity index (χ4n) is 3.08. The molecule has 4 rings (SSSR count). The molecule has 2 saturated carbocycles. The lowest BCUT2D eigenvalue weighted by atomic mass is 10.1. The smallest absolute Gasteiger partial charge is 0.101 e. The van der Waals surface area contributed by atoms with E-state index in [2.05, 4.69) is 35.6 Å². The van der Waals surface area contributed by atoms with Crippen LogP contribution in [0.25, 0.3) is 10.9 Å². The zero-order chi connectivity index (χ0) is 14.1. The molecule has 0 unspecified atom stereocenters. The van der Waals surface area contributed by atoms with Crippen LogP contribution in [-0.4, -0.2) is 16.3 Å². The van der Waals surface area contributed by atoms with Crippen molar-refractivity contribution in [3.63, 3.8) is 0 Å². The molecule has 0 atom stereocenters. The molecule has 110 valence electrons. The molecule has 2 fully saturated rings. The molecule has 1 N–H and O–H groups in total. The van der Waals surface area contributed by atoms with Crippen LogP contribution in [-0.2, 0) is 6.54 Å². The first-order chi connectivity index (χ1) is 10.4. The van der Waals surface area contributed by atoms with Gasteiger partial charge in [0.15, 0.2) is 0 Å². The molecule has 0 amide bonds. The largest absolute Gasteiger partial charge is 0.310 e. The molecule has 1 aromatic heterocycles. The third-order valence-electron chi connectivity index (χ3n) is 4.50. The second-order valence-electron chi connectivity index (χ2n) is 6.32. The van der Waals surface area contributed by atoms with Gasteiger partial charge in [-0.3, -0.25) is 0 Å². The summed E-state index contributed by atoms with van der Waals surface area (Å²) in [6.45, 7) is 0.970. The molecular formula is C18H22N2S. The summed E-state index contributed by atoms with van der Waals surface area (Å²) in [7, 11) is 0. The van der Waals surface area contributed by atoms with Crippen LogP contribution in [0.3, 0.4) is 0 Å². The third-order valence-corrected chi connectivity index (χ3v) is 5.88. The van der Waals surface area contributed by atoms with Gasteiger partial charge < -0.3 is 5.32 Å². The number of nitrogens with zero attached hydrogens (tertiary/aromatic N) is 1. The van der Waals surface area contributed by atoms with Crippen LogP contribution >= 0.6 is 11.8 Å². The summed E-state index contributed by atoms with van der Waals surface area (Å²) in [5, 5.41) is 6.95. The third kappa shape index (κ3) is 3.24. The Morgan fingerprint density at radius 2 is 1.90 bits per heavy atom. The van der Waals surface area contributed by atoms with Crippen LogP contribution in [0.4, 0.5) is 0 Å². The highest BCUT2D eigenvalue weighted by atomic mass is 32.2. The van der Waals surface area contributed by atoms with Gasteiger partial charge in [0.2, 0.25) is 0 Å². The average Bonchev–Trinajstić information content (AvgIpc) is 3.20. The first-order valence-electron chi connectivity index (χ1n) is 8.17. The molecule has 3 heteroatoms. The highest BCUT2D eigenvalue weighted by Crippen LogP contribution is 2.36. The van der Waals surface area contributed by atoms with E-state index in [9.17, 15) is 0 Å². The molecule has 0 saturated heterocycles. The summed E-state index contributed by atoms with van der Waals surface area (Å²) in [6, 6.07) is 11.6. The van der Waals surface area contributed by atoms with Gasteiger partial charge >= 0.3 is 0 Å². The SMILES string of the molecule is c1ccc2nc(SC3CCCC3)c(CNC3CC3)cc2c1. The van der Waals surface area contributed by atoms with Crippen LogP contribution in [0.15, 0.2) is 35.4 Å². The lowest BCUT2D eigenvalue weighted by Gasteiger charge is -2.14. The lowest BCUT2D eigenvalue weighted by Crippen LogP contribution is -2.16. The summed E-state index contributed by atoms with van der Waals surface area (Å²) < 4.78 is 0. The predicted molar refractivity (Wildman–Crippen MR) is 89.7 cm³/mol. The quantitative estimate of drug-likeness (QED) is 0.878. The molecular weight excluding hydrogens is 276 g/mol. The molecule has 0 radical (unpaired) electrons. The van der Waals surface area contributed by atoms with Crippen molar-refractivity contribution in [2.75, 3.05) is 0 Å². The van der Waals surface area contributed by atoms with Crippen LogP contribution in [0.5, 0.6) is 0 Å². The Labute approximate surface area is 130 Å². The van der Waals surface area contributed by atoms with Crippen molar-refractivity contribution in [3.8, 4) is 0 Å². The van der Waals surface area contributed by atoms with Gasteiger partial charge in [0, 0.05) is 23.2 Å². The van der Waals surface area contributed by atoms with Gasteiger partial charge in [-0.1, -0.05) is 31.0 Å². The van der Waals surface area contributed by atoms with E-state index in [1.807, 2.05) is 11.8 Å². The van der Waals surface area contributed by atoms with Crippen molar-refractivity contribution in [1.82, 2.24) is 10.3 Å². The van der Waals surface area contributed by atoms with Crippen molar-refractivity contribution in [2.45, 2.75) is 61.4 Å². The van der Waals surface area contributed by atoms with Crippen LogP contribution in [0, 0.1) is 0 Å². The maximum atomic E-state index is 4.96. The van der Waals surface area contributed by atoms with E-state index in [0.29, 0.717) is 0 Å². The summed E-state index contributed by atoms with van der Waals surface area (Å²) in [4.78, 5) is 4.96. The molecule has 2 nitrogen and oxygen atoms in total. The van der Waals surface area contributed by atoms with Gasteiger partial charge in [-0.15, -0.1) is 11.8 Å². The van der Waals surface area contributed by atoms with Gasteiger partial charge in [0.25, 0.3) is 0 Å². The average molecular weight is 298 g/mol. The number of hydrogen-bond acceptors (Lipinski definition) is 3. The minimum Gasteiger partial charge on any atom is -0.310 e. The van der Waals surface area contributed by atoms with E-state index in [1.165, 1.54) is 54.5 Å². The van der Waals surface area contributed by atoms with Gasteiger partial charge in [-0.25, -0.2) is 4.98 Å². The monoisotopic (exact) mass is 298 g/mol. The van der Waals surface area contributed by atoms with Crippen molar-refractivity contribution in [2.24, 2.45) is 0 Å². The molecule has 0 spiro atoms. The number of hydrogen-bond donors (Lipinski definition) is 1. The Balaban J connectivity index is 1.63. The Bertz CT molecular complexity index is 630. The fraction of sp³-hybridized carbons (Fsp3) is 0.500. The molecule has 21 heavy (non-hydrogen) atoms. The Kier molecular flexibility index (Phi) is 3.87. The van der Waals surface area contributed by atoms with Crippen molar-refractivity contribution >= 4 is 22.7 Å². The van der Waals surface area contributed by atoms with E-state index in [-0.39, 0.29) is 0 Å². The number of aromatic nitrogens is 1. The van der Waals surface area contributed by atoms with E-state index in [4.69, 9.17) is 4.98 Å². The topological polar surface area (TPSA) is 24.9 Å². The van der Waals surface area contributed by atoms with Crippen LogP contribution < -0.4 is 5.32 Å². The van der Waals surface area contributed by atoms with E-state index in [1.54, 1.807) is 0 Å². The van der Waals surface area contributed by atoms with Crippen molar-refractivity contribution in [3.05, 3.63) is 35.9 Å². The zero-order valence-electron chi connectivity index (χ0n) is 12.3. The van der Waals surface area contributed by atoms with Crippen molar-refractivity contribution in [1.29, 1.82) is 0 Å². The van der Waals surface area contributed by atoms with Gasteiger partial charge in [-0.05, 0) is 43.4 Å². The molecule has 2 aliphatic carbocycles. The second kappa shape index (κ2) is 5.98. The number of rotatable bonds is 5. The summed E-state index contributed by atoms with van der Waals surface area (Å²) >= 11 is 2.01. The van der Waals surface area contributed by atoms with E-state index >= 15 is 0 Å². The second-order valence-corrected chi connectivity index (χ2v) is 7.61. The van der Waals surface area contributed by atoms with Gasteiger partial charge in [0.1, 0.15) is 5.03 Å². The Morgan fingerprint density at radius 3 is 2.71 bits per heavy atom. The summed E-state index contributed by atoms with van der Waals surface area (Å²) in [5.74, 6) is 0. The van der Waals surface area contributed by atoms with Crippen LogP contribution in [0.1, 0.15) is 44.1 Å². The Hall–Kier alpha value is -1.06. The number of benzene rings is 1. The highest BCUT2D eigenvalue weighted by molar-refractivity contribution is 7.99. The normalized spacial score (nSPS) is 19.4. The maximum Gasteiger partial charge on any atom is 0.101 e. The molecule has 0 bridgehead atoms. The molecule has 0 aliphatic heterocycles. The number of fused-ring (bicyclic) bond motifs is 1. The molecule has 2 aliphatic rings. The standard InChI is InChI=1S/C18H22N2S/c1-4-8-17-13(5-1)11-14(12-19-15-9-10-15)18(20-17)21-16-6-2-3-7-16/h1,4-5,8,11,15-16,19H,2-3,6-7,9-10,12H2. The van der Waals surface area contributed by atoms with Crippen molar-refractivity contribution < 1.29 is 0 Å². The van der Waals surface area contributed by atoms with Gasteiger partial charge in [0.05, 0.1) is 5.52 Å². The lowest BCUT2D eigenvalue weighted by molar-refractivity contribution is 0.676. The van der Waals surface area contributed by atoms with Crippen LogP contribution in [0.2, 0.25) is 0 Å². The maximum absolute atomic E-state index is 4.96. The minimum atomic E-state index is 0.751. The summed E-state index contributed by atoms with van der Waals surface area (Å²) in [5.41, 5.74) is 2.52. The number of pyridine rings is 1. The predicted octanol–water partition coefficient (Wildman–Crippen LogP) is 4.52. The molecule has 1 aromatic carbocycles. The molecule has 2 aromatic rings. The Morgan fingerprint density at radius 1 is 1.10 bits per heavy atom. The minimum absolute atomic E-state index is 0.751. The first kappa shape index (κ1) is 13.6. The number of thioether (sulfide) groups is 1. The highest BCUT2D eigenvalue weighted by Gasteiger charge is 2.22. The van der Waals surface area contributed by atoms with Gasteiger partial charge in [-0.2, -0.15) is 0 Å². The van der Waals surface area contributed by atoms with E-state index in [0.717, 1.165) is 23.4 Å². The fourth-order valence-corrected chi connectivity index (χ4v) is 4.39. The molecule has 1 heterocycles. The van der Waals surface area contributed by atoms with E-state index < -0.39 is 0 Å². The summed E-state index contributed by atoms with van der Waals surface area (Å²) in [6.07, 6.45) is 8.17. The first-order valence-corrected chi connectivity index (χ1v) is 9.05. The number of para-hydroxylation sites is 1.